The Balaban J connectivity index is 3.50. The van der Waals surface area contributed by atoms with Crippen LogP contribution in [0.15, 0.2) is 0 Å². The summed E-state index contributed by atoms with van der Waals surface area (Å²) in [5, 5.41) is 4.53. The molecule has 0 atom stereocenters. The van der Waals surface area contributed by atoms with Crippen LogP contribution >= 0.6 is 0 Å². The molecule has 0 saturated heterocycles. The van der Waals surface area contributed by atoms with Gasteiger partial charge in [0.15, 0.2) is 0 Å². The minimum Gasteiger partial charge on any atom is -0.359 e. The normalized spacial score (nSPS) is 11.9. The van der Waals surface area contributed by atoms with E-state index in [0.29, 0.717) is 6.42 Å². The number of rotatable bonds is 7. The molecule has 0 heterocycles. The van der Waals surface area contributed by atoms with Crippen LogP contribution in [0.1, 0.15) is 12.8 Å². The first-order valence-electron chi connectivity index (χ1n) is 4.47. The van der Waals surface area contributed by atoms with E-state index in [1.807, 2.05) is 0 Å². The van der Waals surface area contributed by atoms with Crippen molar-refractivity contribution in [1.82, 2.24) is 10.6 Å². The van der Waals surface area contributed by atoms with E-state index in [1.54, 1.807) is 0 Å². The van der Waals surface area contributed by atoms with Gasteiger partial charge < -0.3 is 10.6 Å². The van der Waals surface area contributed by atoms with Crippen molar-refractivity contribution in [2.45, 2.75) is 25.2 Å². The van der Waals surface area contributed by atoms with Gasteiger partial charge in [0.2, 0.25) is 5.91 Å². The maximum absolute atomic E-state index is 12.3. The van der Waals surface area contributed by atoms with Gasteiger partial charge in [-0.2, -0.15) is 8.78 Å². The zero-order chi connectivity index (χ0) is 11.9. The van der Waals surface area contributed by atoms with Crippen LogP contribution < -0.4 is 10.6 Å². The summed E-state index contributed by atoms with van der Waals surface area (Å²) in [6.45, 7) is -0.964. The molecule has 90 valence electrons. The number of halogens is 4. The molecule has 0 aliphatic rings. The lowest BCUT2D eigenvalue weighted by Crippen LogP contribution is -2.39. The molecule has 0 radical (unpaired) electrons. The average Bonchev–Trinajstić information content (AvgIpc) is 2.16. The Morgan fingerprint density at radius 1 is 1.40 bits per heavy atom. The second-order valence-corrected chi connectivity index (χ2v) is 3.02. The topological polar surface area (TPSA) is 41.1 Å². The highest BCUT2D eigenvalue weighted by molar-refractivity contribution is 5.75. The summed E-state index contributed by atoms with van der Waals surface area (Å²) in [5.74, 6) is -4.22. The Morgan fingerprint density at radius 2 is 2.00 bits per heavy atom. The van der Waals surface area contributed by atoms with E-state index in [2.05, 4.69) is 10.6 Å². The monoisotopic (exact) mass is 230 g/mol. The third kappa shape index (κ3) is 6.27. The molecule has 7 heteroatoms. The van der Waals surface area contributed by atoms with Crippen molar-refractivity contribution in [3.8, 4) is 0 Å². The molecule has 1 amide bonds. The van der Waals surface area contributed by atoms with Crippen molar-refractivity contribution in [3.05, 3.63) is 0 Å². The predicted molar refractivity (Wildman–Crippen MR) is 47.1 cm³/mol. The summed E-state index contributed by atoms with van der Waals surface area (Å²) in [7, 11) is 1.46. The van der Waals surface area contributed by atoms with Crippen LogP contribution in [0.25, 0.3) is 0 Å². The second-order valence-electron chi connectivity index (χ2n) is 3.02. The van der Waals surface area contributed by atoms with Gasteiger partial charge in [-0.05, 0) is 13.0 Å². The van der Waals surface area contributed by atoms with Crippen LogP contribution in [0.2, 0.25) is 0 Å². The van der Waals surface area contributed by atoms with E-state index < -0.39 is 18.9 Å². The van der Waals surface area contributed by atoms with Gasteiger partial charge in [-0.1, -0.05) is 0 Å². The van der Waals surface area contributed by atoms with Crippen LogP contribution in [0.4, 0.5) is 17.6 Å². The Hall–Kier alpha value is -0.850. The molecular formula is C8H14F4N2O. The van der Waals surface area contributed by atoms with Crippen molar-refractivity contribution < 1.29 is 22.4 Å². The minimum atomic E-state index is -4.01. The standard InChI is InChI=1S/C8H14F4N2O/c1-13-6(15)3-2-4-14-5-8(11,12)7(9)10/h7,14H,2-5H2,1H3,(H,13,15). The summed E-state index contributed by atoms with van der Waals surface area (Å²) in [5.41, 5.74) is 0. The summed E-state index contributed by atoms with van der Waals surface area (Å²) < 4.78 is 47.9. The predicted octanol–water partition coefficient (Wildman–Crippen LogP) is 1.00. The van der Waals surface area contributed by atoms with Gasteiger partial charge in [0, 0.05) is 13.5 Å². The highest BCUT2D eigenvalue weighted by atomic mass is 19.3. The molecule has 0 bridgehead atoms. The highest BCUT2D eigenvalue weighted by Gasteiger charge is 2.39. The maximum atomic E-state index is 12.3. The van der Waals surface area contributed by atoms with Crippen LogP contribution in [0, 0.1) is 0 Å². The van der Waals surface area contributed by atoms with Crippen molar-refractivity contribution in [3.63, 3.8) is 0 Å². The SMILES string of the molecule is CNC(=O)CCCNCC(F)(F)C(F)F. The molecule has 3 nitrogen and oxygen atoms in total. The molecule has 15 heavy (non-hydrogen) atoms. The molecule has 0 rings (SSSR count). The first-order chi connectivity index (χ1) is 6.90. The summed E-state index contributed by atoms with van der Waals surface area (Å²) in [6.07, 6.45) is -3.15. The lowest BCUT2D eigenvalue weighted by Gasteiger charge is -2.15. The van der Waals surface area contributed by atoms with Crippen molar-refractivity contribution in [2.24, 2.45) is 0 Å². The van der Waals surface area contributed by atoms with Crippen molar-refractivity contribution in [1.29, 1.82) is 0 Å². The lowest BCUT2D eigenvalue weighted by molar-refractivity contribution is -0.125. The summed E-state index contributed by atoms with van der Waals surface area (Å²) in [4.78, 5) is 10.7. The number of carbonyl (C=O) groups is 1. The van der Waals surface area contributed by atoms with Crippen LogP contribution in [-0.4, -0.2) is 38.4 Å². The van der Waals surface area contributed by atoms with Crippen LogP contribution in [0.5, 0.6) is 0 Å². The molecule has 0 aromatic rings. The largest absolute Gasteiger partial charge is 0.359 e. The molecule has 0 aliphatic carbocycles. The van der Waals surface area contributed by atoms with Gasteiger partial charge in [-0.15, -0.1) is 0 Å². The zero-order valence-electron chi connectivity index (χ0n) is 8.33. The number of hydrogen-bond donors (Lipinski definition) is 2. The molecule has 2 N–H and O–H groups in total. The molecule has 0 saturated carbocycles. The Kier molecular flexibility index (Phi) is 6.23. The molecule has 0 aromatic carbocycles. The third-order valence-electron chi connectivity index (χ3n) is 1.72. The van der Waals surface area contributed by atoms with E-state index in [0.717, 1.165) is 0 Å². The maximum Gasteiger partial charge on any atom is 0.319 e. The Bertz CT molecular complexity index is 199. The van der Waals surface area contributed by atoms with E-state index in [9.17, 15) is 22.4 Å². The number of nitrogens with one attached hydrogen (secondary N) is 2. The van der Waals surface area contributed by atoms with Crippen LogP contribution in [-0.2, 0) is 4.79 Å². The first-order valence-corrected chi connectivity index (χ1v) is 4.47. The minimum absolute atomic E-state index is 0.107. The highest BCUT2D eigenvalue weighted by Crippen LogP contribution is 2.21. The Morgan fingerprint density at radius 3 is 2.47 bits per heavy atom. The van der Waals surface area contributed by atoms with Gasteiger partial charge >= 0.3 is 12.3 Å². The zero-order valence-corrected chi connectivity index (χ0v) is 8.33. The third-order valence-corrected chi connectivity index (χ3v) is 1.72. The van der Waals surface area contributed by atoms with Crippen molar-refractivity contribution >= 4 is 5.91 Å². The lowest BCUT2D eigenvalue weighted by atomic mass is 10.3. The van der Waals surface area contributed by atoms with Gasteiger partial charge in [-0.3, -0.25) is 4.79 Å². The van der Waals surface area contributed by atoms with Gasteiger partial charge in [0.05, 0.1) is 6.54 Å². The van der Waals surface area contributed by atoms with E-state index in [4.69, 9.17) is 0 Å². The molecule has 0 aromatic heterocycles. The first kappa shape index (κ1) is 14.2. The quantitative estimate of drug-likeness (QED) is 0.506. The summed E-state index contributed by atoms with van der Waals surface area (Å²) >= 11 is 0. The van der Waals surface area contributed by atoms with Gasteiger partial charge in [0.1, 0.15) is 0 Å². The fraction of sp³-hybridized carbons (Fsp3) is 0.875. The van der Waals surface area contributed by atoms with Gasteiger partial charge in [-0.25, -0.2) is 8.78 Å². The average molecular weight is 230 g/mol. The molecule has 0 fully saturated rings. The van der Waals surface area contributed by atoms with Gasteiger partial charge in [0.25, 0.3) is 0 Å². The molecular weight excluding hydrogens is 216 g/mol. The molecule has 0 unspecified atom stereocenters. The molecule has 0 aliphatic heterocycles. The number of hydrogen-bond acceptors (Lipinski definition) is 2. The van der Waals surface area contributed by atoms with Crippen LogP contribution in [0.3, 0.4) is 0 Å². The van der Waals surface area contributed by atoms with E-state index in [1.165, 1.54) is 7.05 Å². The number of amides is 1. The second kappa shape index (κ2) is 6.60. The number of alkyl halides is 4. The Labute approximate surface area is 85.2 Å². The summed E-state index contributed by atoms with van der Waals surface area (Å²) in [6, 6.07) is 0. The van der Waals surface area contributed by atoms with Crippen molar-refractivity contribution in [2.75, 3.05) is 20.1 Å². The molecule has 0 spiro atoms. The number of carbonyl (C=O) groups excluding carboxylic acids is 1. The van der Waals surface area contributed by atoms with E-state index >= 15 is 0 Å². The smallest absolute Gasteiger partial charge is 0.319 e. The fourth-order valence-electron chi connectivity index (χ4n) is 0.831. The van der Waals surface area contributed by atoms with E-state index in [-0.39, 0.29) is 18.9 Å². The fourth-order valence-corrected chi connectivity index (χ4v) is 0.831.